The second kappa shape index (κ2) is 11.2. The van der Waals surface area contributed by atoms with E-state index in [2.05, 4.69) is 30.3 Å². The lowest BCUT2D eigenvalue weighted by Gasteiger charge is -2.19. The van der Waals surface area contributed by atoms with Crippen LogP contribution >= 0.6 is 0 Å². The summed E-state index contributed by atoms with van der Waals surface area (Å²) in [5.41, 5.74) is 1.72. The zero-order chi connectivity index (χ0) is 23.9. The van der Waals surface area contributed by atoms with Crippen LogP contribution in [0.2, 0.25) is 0 Å². The molecule has 1 unspecified atom stereocenters. The maximum absolute atomic E-state index is 11.7. The van der Waals surface area contributed by atoms with Crippen LogP contribution < -0.4 is 15.4 Å². The van der Waals surface area contributed by atoms with E-state index in [1.165, 1.54) is 6.92 Å². The predicted molar refractivity (Wildman–Crippen MR) is 125 cm³/mol. The van der Waals surface area contributed by atoms with Crippen molar-refractivity contribution in [2.24, 2.45) is 5.92 Å². The SMILES string of the molecule is CC(=O)Nc1ccc(C(C)Cc2nc(N[C@@H](CO)CC(C)C)nc(NS(C)(=O)=O)n2)cc1. The second-order valence-corrected chi connectivity index (χ2v) is 10.1. The fourth-order valence-corrected chi connectivity index (χ4v) is 3.63. The van der Waals surface area contributed by atoms with Crippen molar-refractivity contribution in [1.82, 2.24) is 15.0 Å². The molecule has 0 aliphatic heterocycles. The summed E-state index contributed by atoms with van der Waals surface area (Å²) in [5, 5.41) is 15.5. The topological polar surface area (TPSA) is 146 Å². The third-order valence-corrected chi connectivity index (χ3v) is 5.11. The molecule has 2 rings (SSSR count). The molecule has 2 atom stereocenters. The van der Waals surface area contributed by atoms with Crippen molar-refractivity contribution >= 4 is 33.5 Å². The molecule has 11 heteroatoms. The van der Waals surface area contributed by atoms with Crippen LogP contribution in [-0.4, -0.2) is 53.3 Å². The maximum atomic E-state index is 11.7. The molecule has 10 nitrogen and oxygen atoms in total. The van der Waals surface area contributed by atoms with E-state index in [-0.39, 0.29) is 36.4 Å². The highest BCUT2D eigenvalue weighted by Crippen LogP contribution is 2.22. The van der Waals surface area contributed by atoms with Crippen molar-refractivity contribution in [3.05, 3.63) is 35.7 Å². The monoisotopic (exact) mass is 464 g/mol. The van der Waals surface area contributed by atoms with Gasteiger partial charge in [0, 0.05) is 19.0 Å². The van der Waals surface area contributed by atoms with Gasteiger partial charge in [0.05, 0.1) is 18.9 Å². The summed E-state index contributed by atoms with van der Waals surface area (Å²) in [6.45, 7) is 7.43. The van der Waals surface area contributed by atoms with Gasteiger partial charge in [-0.25, -0.2) is 8.42 Å². The van der Waals surface area contributed by atoms with Gasteiger partial charge in [0.2, 0.25) is 27.8 Å². The van der Waals surface area contributed by atoms with Gasteiger partial charge in [-0.15, -0.1) is 0 Å². The van der Waals surface area contributed by atoms with Crippen LogP contribution in [0.25, 0.3) is 0 Å². The molecule has 176 valence electrons. The van der Waals surface area contributed by atoms with E-state index in [1.807, 2.05) is 45.0 Å². The van der Waals surface area contributed by atoms with Crippen molar-refractivity contribution in [3.8, 4) is 0 Å². The van der Waals surface area contributed by atoms with Gasteiger partial charge >= 0.3 is 0 Å². The fourth-order valence-electron chi connectivity index (χ4n) is 3.21. The number of hydrogen-bond acceptors (Lipinski definition) is 8. The molecule has 1 aromatic carbocycles. The highest BCUT2D eigenvalue weighted by atomic mass is 32.2. The predicted octanol–water partition coefficient (Wildman–Crippen LogP) is 2.37. The van der Waals surface area contributed by atoms with Gasteiger partial charge < -0.3 is 15.7 Å². The van der Waals surface area contributed by atoms with Crippen LogP contribution in [0.15, 0.2) is 24.3 Å². The molecule has 32 heavy (non-hydrogen) atoms. The normalized spacial score (nSPS) is 13.5. The number of hydrogen-bond donors (Lipinski definition) is 4. The molecule has 0 aliphatic carbocycles. The summed E-state index contributed by atoms with van der Waals surface area (Å²) in [6.07, 6.45) is 2.16. The molecule has 2 aromatic rings. The van der Waals surface area contributed by atoms with Crippen LogP contribution in [0.1, 0.15) is 51.4 Å². The molecule has 0 bridgehead atoms. The summed E-state index contributed by atoms with van der Waals surface area (Å²) in [5.74, 6) is 0.763. The summed E-state index contributed by atoms with van der Waals surface area (Å²) in [4.78, 5) is 24.1. The number of sulfonamides is 1. The van der Waals surface area contributed by atoms with E-state index in [4.69, 9.17) is 0 Å². The molecule has 1 heterocycles. The first-order chi connectivity index (χ1) is 14.9. The summed E-state index contributed by atoms with van der Waals surface area (Å²) in [7, 11) is -3.57. The smallest absolute Gasteiger partial charge is 0.241 e. The first-order valence-electron chi connectivity index (χ1n) is 10.4. The van der Waals surface area contributed by atoms with E-state index in [0.29, 0.717) is 30.3 Å². The van der Waals surface area contributed by atoms with Crippen molar-refractivity contribution in [2.45, 2.75) is 52.5 Å². The Labute approximate surface area is 189 Å². The van der Waals surface area contributed by atoms with Gasteiger partial charge in [0.1, 0.15) is 5.82 Å². The van der Waals surface area contributed by atoms with Crippen molar-refractivity contribution in [2.75, 3.05) is 28.2 Å². The molecule has 1 aromatic heterocycles. The number of nitrogens with one attached hydrogen (secondary N) is 3. The van der Waals surface area contributed by atoms with E-state index in [0.717, 1.165) is 11.8 Å². The zero-order valence-electron chi connectivity index (χ0n) is 19.1. The minimum absolute atomic E-state index is 0.0204. The minimum Gasteiger partial charge on any atom is -0.394 e. The summed E-state index contributed by atoms with van der Waals surface area (Å²) in [6, 6.07) is 7.20. The number of carbonyl (C=O) groups excluding carboxylic acids is 1. The third-order valence-electron chi connectivity index (χ3n) is 4.56. The maximum Gasteiger partial charge on any atom is 0.241 e. The van der Waals surface area contributed by atoms with Crippen LogP contribution in [0, 0.1) is 5.92 Å². The van der Waals surface area contributed by atoms with Crippen LogP contribution in [0.3, 0.4) is 0 Å². The number of benzene rings is 1. The van der Waals surface area contributed by atoms with E-state index in [9.17, 15) is 18.3 Å². The molecule has 0 saturated carbocycles. The molecule has 0 saturated heterocycles. The number of amides is 1. The molecular formula is C21H32N6O4S. The number of aliphatic hydroxyl groups excluding tert-OH is 1. The quantitative estimate of drug-likeness (QED) is 0.396. The molecular weight excluding hydrogens is 432 g/mol. The largest absolute Gasteiger partial charge is 0.394 e. The molecule has 0 radical (unpaired) electrons. The van der Waals surface area contributed by atoms with Crippen LogP contribution in [0.5, 0.6) is 0 Å². The molecule has 0 aliphatic rings. The lowest BCUT2D eigenvalue weighted by atomic mass is 9.97. The number of rotatable bonds is 11. The number of nitrogens with zero attached hydrogens (tertiary/aromatic N) is 3. The number of aliphatic hydroxyl groups is 1. The van der Waals surface area contributed by atoms with Gasteiger partial charge in [-0.3, -0.25) is 9.52 Å². The first-order valence-corrected chi connectivity index (χ1v) is 12.3. The molecule has 0 fully saturated rings. The van der Waals surface area contributed by atoms with E-state index < -0.39 is 10.0 Å². The number of aromatic nitrogens is 3. The minimum atomic E-state index is -3.57. The Balaban J connectivity index is 2.26. The van der Waals surface area contributed by atoms with Gasteiger partial charge in [-0.2, -0.15) is 15.0 Å². The number of anilines is 3. The summed E-state index contributed by atoms with van der Waals surface area (Å²) >= 11 is 0. The van der Waals surface area contributed by atoms with E-state index >= 15 is 0 Å². The van der Waals surface area contributed by atoms with Crippen LogP contribution in [-0.2, 0) is 21.2 Å². The molecule has 1 amide bonds. The lowest BCUT2D eigenvalue weighted by Crippen LogP contribution is -2.27. The Kier molecular flexibility index (Phi) is 8.90. The Morgan fingerprint density at radius 2 is 1.69 bits per heavy atom. The summed E-state index contributed by atoms with van der Waals surface area (Å²) < 4.78 is 25.7. The molecule has 0 spiro atoms. The standard InChI is InChI=1S/C21H32N6O4S/c1-13(2)10-18(12-28)23-20-24-19(25-21(26-20)27-32(5,30)31)11-14(3)16-6-8-17(9-7-16)22-15(4)29/h6-9,13-14,18,28H,10-12H2,1-5H3,(H,22,29)(H2,23,24,25,26,27)/t14?,18-/m1/s1. The van der Waals surface area contributed by atoms with Crippen LogP contribution in [0.4, 0.5) is 17.6 Å². The van der Waals surface area contributed by atoms with Gasteiger partial charge in [0.15, 0.2) is 0 Å². The second-order valence-electron chi connectivity index (χ2n) is 8.33. The average Bonchev–Trinajstić information content (AvgIpc) is 2.65. The highest BCUT2D eigenvalue weighted by molar-refractivity contribution is 7.91. The zero-order valence-corrected chi connectivity index (χ0v) is 19.9. The van der Waals surface area contributed by atoms with Gasteiger partial charge in [0.25, 0.3) is 0 Å². The number of carbonyl (C=O) groups is 1. The van der Waals surface area contributed by atoms with Gasteiger partial charge in [-0.1, -0.05) is 32.9 Å². The van der Waals surface area contributed by atoms with Crippen molar-refractivity contribution in [3.63, 3.8) is 0 Å². The Morgan fingerprint density at radius 3 is 2.22 bits per heavy atom. The highest BCUT2D eigenvalue weighted by Gasteiger charge is 2.17. The van der Waals surface area contributed by atoms with E-state index in [1.54, 1.807) is 0 Å². The lowest BCUT2D eigenvalue weighted by molar-refractivity contribution is -0.114. The Hall–Kier alpha value is -2.79. The fraction of sp³-hybridized carbons (Fsp3) is 0.524. The average molecular weight is 465 g/mol. The first kappa shape index (κ1) is 25.5. The molecule has 4 N–H and O–H groups in total. The van der Waals surface area contributed by atoms with Crippen molar-refractivity contribution < 1.29 is 18.3 Å². The Morgan fingerprint density at radius 1 is 1.06 bits per heavy atom. The van der Waals surface area contributed by atoms with Crippen molar-refractivity contribution in [1.29, 1.82) is 0 Å². The van der Waals surface area contributed by atoms with Gasteiger partial charge in [-0.05, 0) is 36.0 Å². The third kappa shape index (κ3) is 8.75. The Bertz CT molecular complexity index is 1010.